The number of benzene rings is 3. The Morgan fingerprint density at radius 2 is 1.28 bits per heavy atom. The Kier molecular flexibility index (Phi) is 12.2. The molecule has 0 aliphatic heterocycles. The maximum absolute atomic E-state index is 12.1. The van der Waals surface area contributed by atoms with Gasteiger partial charge in [0, 0.05) is 0 Å². The Labute approximate surface area is 234 Å². The number of quaternary nitrogens is 1. The fraction of sp³-hybridized carbons (Fsp3) is 0.424. The normalized spacial score (nSPS) is 11.2. The lowest BCUT2D eigenvalue weighted by molar-refractivity contribution is -0.142. The van der Waals surface area contributed by atoms with Gasteiger partial charge in [-0.3, -0.25) is 9.28 Å². The third-order valence-corrected chi connectivity index (χ3v) is 6.49. The highest BCUT2D eigenvalue weighted by atomic mass is 16.5. The van der Waals surface area contributed by atoms with Crippen LogP contribution in [0.4, 0.5) is 5.69 Å². The molecule has 0 saturated heterocycles. The Morgan fingerprint density at radius 3 is 1.92 bits per heavy atom. The lowest BCUT2D eigenvalue weighted by atomic mass is 10.1. The molecule has 3 rings (SSSR count). The maximum atomic E-state index is 12.1. The fourth-order valence-corrected chi connectivity index (χ4v) is 4.13. The van der Waals surface area contributed by atoms with Crippen molar-refractivity contribution in [1.29, 1.82) is 0 Å². The fourth-order valence-electron chi connectivity index (χ4n) is 4.13. The smallest absolute Gasteiger partial charge is 0.310 e. The first-order valence-electron chi connectivity index (χ1n) is 13.9. The molecule has 0 saturated carbocycles. The summed E-state index contributed by atoms with van der Waals surface area (Å²) in [5, 5.41) is 0. The van der Waals surface area contributed by atoms with Gasteiger partial charge in [0.15, 0.2) is 0 Å². The second kappa shape index (κ2) is 15.8. The maximum Gasteiger partial charge on any atom is 0.310 e. The van der Waals surface area contributed by atoms with E-state index in [4.69, 9.17) is 18.9 Å². The van der Waals surface area contributed by atoms with E-state index in [0.717, 1.165) is 71.4 Å². The van der Waals surface area contributed by atoms with Crippen LogP contribution >= 0.6 is 0 Å². The van der Waals surface area contributed by atoms with E-state index in [1.165, 1.54) is 5.69 Å². The van der Waals surface area contributed by atoms with Crippen LogP contribution in [0.15, 0.2) is 72.8 Å². The van der Waals surface area contributed by atoms with Gasteiger partial charge < -0.3 is 18.9 Å². The lowest BCUT2D eigenvalue weighted by Gasteiger charge is -2.23. The van der Waals surface area contributed by atoms with Gasteiger partial charge in [-0.1, -0.05) is 49.9 Å². The number of methoxy groups -OCH3 is 1. The van der Waals surface area contributed by atoms with E-state index < -0.39 is 0 Å². The number of ether oxygens (including phenoxy) is 4. The van der Waals surface area contributed by atoms with Gasteiger partial charge in [-0.25, -0.2) is 0 Å². The van der Waals surface area contributed by atoms with Crippen LogP contribution in [0.2, 0.25) is 0 Å². The largest absolute Gasteiger partial charge is 0.497 e. The monoisotopic (exact) mass is 534 g/mol. The van der Waals surface area contributed by atoms with Crippen molar-refractivity contribution in [2.24, 2.45) is 0 Å². The first-order valence-corrected chi connectivity index (χ1v) is 13.9. The quantitative estimate of drug-likeness (QED) is 0.106. The predicted molar refractivity (Wildman–Crippen MR) is 158 cm³/mol. The number of hydrogen-bond donors (Lipinski definition) is 0. The van der Waals surface area contributed by atoms with Crippen LogP contribution in [-0.4, -0.2) is 47.4 Å². The molecular formula is C33H44NO5+. The molecule has 6 nitrogen and oxygen atoms in total. The molecule has 0 aliphatic carbocycles. The van der Waals surface area contributed by atoms with Crippen molar-refractivity contribution >= 4 is 11.7 Å². The molecule has 0 heterocycles. The van der Waals surface area contributed by atoms with Crippen molar-refractivity contribution in [3.05, 3.63) is 83.9 Å². The average Bonchev–Trinajstić information content (AvgIpc) is 2.93. The summed E-state index contributed by atoms with van der Waals surface area (Å²) in [6.45, 7) is 1.70. The first kappa shape index (κ1) is 30.0. The van der Waals surface area contributed by atoms with Gasteiger partial charge in [0.1, 0.15) is 29.5 Å². The molecule has 0 N–H and O–H groups in total. The molecule has 0 fully saturated rings. The van der Waals surface area contributed by atoms with Crippen molar-refractivity contribution in [3.63, 3.8) is 0 Å². The molecule has 0 bridgehead atoms. The standard InChI is InChI=1S/C33H44NO5/c1-34(2,3)29-16-14-27(15-17-29)25-33(35)38-23-10-8-6-5-7-9-22-37-30-18-20-31(21-19-30)39-26-28-12-11-13-32(24-28)36-4/h11-21,24H,5-10,22-23,25-26H2,1-4H3/q+1. The number of hydrogen-bond acceptors (Lipinski definition) is 5. The topological polar surface area (TPSA) is 54.0 Å². The van der Waals surface area contributed by atoms with Crippen molar-refractivity contribution in [2.45, 2.75) is 51.6 Å². The molecule has 0 aromatic heterocycles. The molecule has 39 heavy (non-hydrogen) atoms. The van der Waals surface area contributed by atoms with Crippen LogP contribution in [0, 0.1) is 0 Å². The van der Waals surface area contributed by atoms with E-state index >= 15 is 0 Å². The Morgan fingerprint density at radius 1 is 0.667 bits per heavy atom. The van der Waals surface area contributed by atoms with Crippen LogP contribution in [0.1, 0.15) is 49.7 Å². The minimum absolute atomic E-state index is 0.151. The van der Waals surface area contributed by atoms with Crippen molar-refractivity contribution in [1.82, 2.24) is 4.48 Å². The van der Waals surface area contributed by atoms with Crippen LogP contribution in [-0.2, 0) is 22.6 Å². The van der Waals surface area contributed by atoms with Crippen LogP contribution < -0.4 is 18.7 Å². The summed E-state index contributed by atoms with van der Waals surface area (Å²) in [6.07, 6.45) is 6.77. The van der Waals surface area contributed by atoms with Gasteiger partial charge in [-0.05, 0) is 72.5 Å². The zero-order valence-electron chi connectivity index (χ0n) is 24.0. The molecule has 0 spiro atoms. The minimum atomic E-state index is -0.151. The Hall–Kier alpha value is -3.51. The van der Waals surface area contributed by atoms with Crippen molar-refractivity contribution in [3.8, 4) is 17.2 Å². The zero-order valence-corrected chi connectivity index (χ0v) is 24.0. The molecule has 0 radical (unpaired) electrons. The molecular weight excluding hydrogens is 490 g/mol. The number of carbonyl (C=O) groups is 1. The molecule has 3 aromatic carbocycles. The van der Waals surface area contributed by atoms with Gasteiger partial charge in [0.05, 0.1) is 47.9 Å². The summed E-state index contributed by atoms with van der Waals surface area (Å²) in [4.78, 5) is 12.1. The molecule has 0 aliphatic rings. The van der Waals surface area contributed by atoms with E-state index in [9.17, 15) is 4.79 Å². The van der Waals surface area contributed by atoms with E-state index in [2.05, 4.69) is 33.3 Å². The number of unbranched alkanes of at least 4 members (excludes halogenated alkanes) is 5. The van der Waals surface area contributed by atoms with Gasteiger partial charge >= 0.3 is 5.97 Å². The summed E-state index contributed by atoms with van der Waals surface area (Å²) >= 11 is 0. The van der Waals surface area contributed by atoms with Gasteiger partial charge in [-0.2, -0.15) is 0 Å². The SMILES string of the molecule is COc1cccc(COc2ccc(OCCCCCCCCOC(=O)Cc3ccc([N+](C)(C)C)cc3)cc2)c1. The molecule has 6 heteroatoms. The molecule has 210 valence electrons. The summed E-state index contributed by atoms with van der Waals surface area (Å²) in [6, 6.07) is 23.8. The highest BCUT2D eigenvalue weighted by molar-refractivity contribution is 5.72. The van der Waals surface area contributed by atoms with Gasteiger partial charge in [0.25, 0.3) is 0 Å². The van der Waals surface area contributed by atoms with Crippen molar-refractivity contribution in [2.75, 3.05) is 41.5 Å². The summed E-state index contributed by atoms with van der Waals surface area (Å²) < 4.78 is 23.2. The Balaban J connectivity index is 1.17. The Bertz CT molecular complexity index is 1120. The van der Waals surface area contributed by atoms with Gasteiger partial charge in [-0.15, -0.1) is 0 Å². The molecule has 0 atom stereocenters. The van der Waals surface area contributed by atoms with Crippen molar-refractivity contribution < 1.29 is 23.7 Å². The second-order valence-electron chi connectivity index (χ2n) is 10.7. The lowest BCUT2D eigenvalue weighted by Crippen LogP contribution is -2.34. The molecule has 3 aromatic rings. The van der Waals surface area contributed by atoms with Crippen LogP contribution in [0.5, 0.6) is 17.2 Å². The van der Waals surface area contributed by atoms with E-state index in [1.807, 2.05) is 60.7 Å². The first-order chi connectivity index (χ1) is 18.8. The van der Waals surface area contributed by atoms with E-state index in [-0.39, 0.29) is 5.97 Å². The minimum Gasteiger partial charge on any atom is -0.497 e. The van der Waals surface area contributed by atoms with E-state index in [0.29, 0.717) is 26.2 Å². The third-order valence-electron chi connectivity index (χ3n) is 6.49. The third kappa shape index (κ3) is 11.4. The molecule has 0 unspecified atom stereocenters. The zero-order chi connectivity index (χ0) is 27.9. The molecule has 0 amide bonds. The number of carbonyl (C=O) groups excluding carboxylic acids is 1. The predicted octanol–water partition coefficient (Wildman–Crippen LogP) is 6.98. The van der Waals surface area contributed by atoms with Crippen LogP contribution in [0.3, 0.4) is 0 Å². The number of esters is 1. The summed E-state index contributed by atoms with van der Waals surface area (Å²) in [7, 11) is 8.04. The second-order valence-corrected chi connectivity index (χ2v) is 10.7. The number of rotatable bonds is 17. The average molecular weight is 535 g/mol. The summed E-state index contributed by atoms with van der Waals surface area (Å²) in [5.74, 6) is 2.34. The van der Waals surface area contributed by atoms with E-state index in [1.54, 1.807) is 7.11 Å². The van der Waals surface area contributed by atoms with Gasteiger partial charge in [0.2, 0.25) is 0 Å². The number of nitrogens with zero attached hydrogens (tertiary/aromatic N) is 1. The highest BCUT2D eigenvalue weighted by Crippen LogP contribution is 2.21. The van der Waals surface area contributed by atoms with Crippen LogP contribution in [0.25, 0.3) is 0 Å². The summed E-state index contributed by atoms with van der Waals surface area (Å²) in [5.41, 5.74) is 3.26. The highest BCUT2D eigenvalue weighted by Gasteiger charge is 2.12.